The minimum atomic E-state index is 1.23. The summed E-state index contributed by atoms with van der Waals surface area (Å²) in [6.45, 7) is 0. The zero-order chi connectivity index (χ0) is 32.8. The van der Waals surface area contributed by atoms with Crippen molar-refractivity contribution in [2.24, 2.45) is 0 Å². The zero-order valence-electron chi connectivity index (χ0n) is 27.0. The second kappa shape index (κ2) is 10.9. The Morgan fingerprint density at radius 3 is 1.52 bits per heavy atom. The first-order valence-electron chi connectivity index (χ1n) is 17.1. The number of hydrogen-bond acceptors (Lipinski definition) is 2. The first kappa shape index (κ1) is 28.1. The Bertz CT molecular complexity index is 3090. The maximum Gasteiger partial charge on any atom is 0.0362 e. The van der Waals surface area contributed by atoms with E-state index in [-0.39, 0.29) is 0 Å². The maximum absolute atomic E-state index is 2.43. The van der Waals surface area contributed by atoms with Crippen molar-refractivity contribution in [1.29, 1.82) is 0 Å². The highest BCUT2D eigenvalue weighted by Crippen LogP contribution is 2.47. The van der Waals surface area contributed by atoms with E-state index in [0.717, 1.165) is 0 Å². The molecule has 0 saturated carbocycles. The first-order chi connectivity index (χ1) is 24.8. The summed E-state index contributed by atoms with van der Waals surface area (Å²) in [6.07, 6.45) is 0. The van der Waals surface area contributed by atoms with Crippen molar-refractivity contribution in [2.75, 3.05) is 0 Å². The van der Waals surface area contributed by atoms with Gasteiger partial charge >= 0.3 is 0 Å². The third kappa shape index (κ3) is 4.10. The summed E-state index contributed by atoms with van der Waals surface area (Å²) in [5.41, 5.74) is 7.58. The van der Waals surface area contributed by atoms with E-state index in [4.69, 9.17) is 0 Å². The van der Waals surface area contributed by atoms with E-state index in [2.05, 4.69) is 170 Å². The van der Waals surface area contributed by atoms with E-state index in [1.54, 1.807) is 0 Å². The van der Waals surface area contributed by atoms with Crippen molar-refractivity contribution in [3.8, 4) is 33.4 Å². The van der Waals surface area contributed by atoms with Crippen molar-refractivity contribution in [3.05, 3.63) is 170 Å². The Kier molecular flexibility index (Phi) is 6.09. The number of hydrogen-bond donors (Lipinski definition) is 0. The van der Waals surface area contributed by atoms with Gasteiger partial charge in [-0.2, -0.15) is 0 Å². The van der Waals surface area contributed by atoms with Gasteiger partial charge in [-0.15, -0.1) is 22.7 Å². The van der Waals surface area contributed by atoms with E-state index < -0.39 is 0 Å². The van der Waals surface area contributed by atoms with Crippen molar-refractivity contribution in [3.63, 3.8) is 0 Å². The number of rotatable bonds is 3. The van der Waals surface area contributed by atoms with Crippen LogP contribution in [0.15, 0.2) is 170 Å². The normalized spacial score (nSPS) is 12.0. The van der Waals surface area contributed by atoms with Gasteiger partial charge in [0, 0.05) is 40.3 Å². The molecule has 0 aliphatic heterocycles. The molecule has 0 amide bonds. The van der Waals surface area contributed by atoms with Gasteiger partial charge in [0.1, 0.15) is 0 Å². The SMILES string of the molecule is c1cc(-c2ccc3sc4ccc5sc6ccccc6c5c4c3c2)cc(-c2c3ccccc3c(-c3cccc4ccccc34)c3ccccc23)c1. The third-order valence-corrected chi connectivity index (χ3v) is 12.7. The average Bonchev–Trinajstić information content (AvgIpc) is 3.74. The van der Waals surface area contributed by atoms with Gasteiger partial charge in [0.15, 0.2) is 0 Å². The molecule has 0 fully saturated rings. The lowest BCUT2D eigenvalue weighted by atomic mass is 9.84. The van der Waals surface area contributed by atoms with Crippen LogP contribution in [0.4, 0.5) is 0 Å². The molecule has 11 aromatic rings. The van der Waals surface area contributed by atoms with Crippen molar-refractivity contribution < 1.29 is 0 Å². The smallest absolute Gasteiger partial charge is 0.0362 e. The van der Waals surface area contributed by atoms with Gasteiger partial charge in [0.2, 0.25) is 0 Å². The molecule has 9 aromatic carbocycles. The highest BCUT2D eigenvalue weighted by atomic mass is 32.1. The highest BCUT2D eigenvalue weighted by molar-refractivity contribution is 7.28. The second-order valence-electron chi connectivity index (χ2n) is 13.2. The monoisotopic (exact) mass is 668 g/mol. The van der Waals surface area contributed by atoms with Crippen LogP contribution in [-0.2, 0) is 0 Å². The lowest BCUT2D eigenvalue weighted by molar-refractivity contribution is 1.63. The lowest BCUT2D eigenvalue weighted by Gasteiger charge is -2.19. The van der Waals surface area contributed by atoms with Crippen molar-refractivity contribution >= 4 is 95.3 Å². The molecule has 50 heavy (non-hydrogen) atoms. The molecule has 0 unspecified atom stereocenters. The Hall–Kier alpha value is -5.80. The predicted octanol–water partition coefficient (Wildman–Crippen LogP) is 14.9. The maximum atomic E-state index is 2.43. The molecule has 2 aromatic heterocycles. The Balaban J connectivity index is 1.15. The predicted molar refractivity (Wildman–Crippen MR) is 221 cm³/mol. The minimum absolute atomic E-state index is 1.23. The van der Waals surface area contributed by atoms with E-state index in [0.29, 0.717) is 0 Å². The topological polar surface area (TPSA) is 0 Å². The van der Waals surface area contributed by atoms with Crippen LogP contribution in [0.3, 0.4) is 0 Å². The molecular weight excluding hydrogens is 641 g/mol. The summed E-state index contributed by atoms with van der Waals surface area (Å²) in [6, 6.07) is 63.1. The number of benzene rings is 9. The largest absolute Gasteiger partial charge is 0.135 e. The van der Waals surface area contributed by atoms with E-state index in [1.165, 1.54) is 106 Å². The van der Waals surface area contributed by atoms with Gasteiger partial charge in [0.25, 0.3) is 0 Å². The summed E-state index contributed by atoms with van der Waals surface area (Å²) < 4.78 is 5.40. The van der Waals surface area contributed by atoms with Gasteiger partial charge in [-0.05, 0) is 102 Å². The fraction of sp³-hybridized carbons (Fsp3) is 0. The average molecular weight is 669 g/mol. The van der Waals surface area contributed by atoms with Gasteiger partial charge < -0.3 is 0 Å². The molecular formula is C48H28S2. The van der Waals surface area contributed by atoms with E-state index in [1.807, 2.05) is 22.7 Å². The van der Waals surface area contributed by atoms with Crippen LogP contribution in [0.1, 0.15) is 0 Å². The summed E-state index contributed by atoms with van der Waals surface area (Å²) in [5, 5.41) is 13.1. The highest BCUT2D eigenvalue weighted by Gasteiger charge is 2.19. The molecule has 0 aliphatic rings. The molecule has 2 heterocycles. The Morgan fingerprint density at radius 2 is 0.780 bits per heavy atom. The van der Waals surface area contributed by atoms with Crippen molar-refractivity contribution in [1.82, 2.24) is 0 Å². The molecule has 11 rings (SSSR count). The number of thiophene rings is 2. The minimum Gasteiger partial charge on any atom is -0.135 e. The molecule has 0 bridgehead atoms. The van der Waals surface area contributed by atoms with Crippen LogP contribution < -0.4 is 0 Å². The van der Waals surface area contributed by atoms with Gasteiger partial charge in [-0.1, -0.05) is 133 Å². The third-order valence-electron chi connectivity index (χ3n) is 10.4. The fourth-order valence-electron chi connectivity index (χ4n) is 8.29. The van der Waals surface area contributed by atoms with Gasteiger partial charge in [-0.25, -0.2) is 0 Å². The van der Waals surface area contributed by atoms with Crippen LogP contribution in [0.25, 0.3) is 106 Å². The summed E-state index contributed by atoms with van der Waals surface area (Å²) in [5.74, 6) is 0. The molecule has 0 N–H and O–H groups in total. The Morgan fingerprint density at radius 1 is 0.280 bits per heavy atom. The molecule has 0 atom stereocenters. The lowest BCUT2D eigenvalue weighted by Crippen LogP contribution is -1.92. The summed E-state index contributed by atoms with van der Waals surface area (Å²) in [4.78, 5) is 0. The molecule has 0 aliphatic carbocycles. The van der Waals surface area contributed by atoms with Crippen LogP contribution >= 0.6 is 22.7 Å². The summed E-state index contributed by atoms with van der Waals surface area (Å²) in [7, 11) is 0. The summed E-state index contributed by atoms with van der Waals surface area (Å²) >= 11 is 3.79. The molecule has 232 valence electrons. The number of fused-ring (bicyclic) bond motifs is 10. The van der Waals surface area contributed by atoms with Gasteiger partial charge in [-0.3, -0.25) is 0 Å². The van der Waals surface area contributed by atoms with Gasteiger partial charge in [0.05, 0.1) is 0 Å². The Labute approximate surface area is 297 Å². The van der Waals surface area contributed by atoms with Crippen LogP contribution in [0.5, 0.6) is 0 Å². The van der Waals surface area contributed by atoms with Crippen LogP contribution in [0.2, 0.25) is 0 Å². The van der Waals surface area contributed by atoms with E-state index >= 15 is 0 Å². The quantitative estimate of drug-likeness (QED) is 0.164. The van der Waals surface area contributed by atoms with Crippen molar-refractivity contribution in [2.45, 2.75) is 0 Å². The molecule has 2 heteroatoms. The van der Waals surface area contributed by atoms with Crippen LogP contribution in [-0.4, -0.2) is 0 Å². The first-order valence-corrected chi connectivity index (χ1v) is 18.7. The van der Waals surface area contributed by atoms with Crippen LogP contribution in [0, 0.1) is 0 Å². The standard InChI is InChI=1S/C48H28S2/c1-2-15-33-29(11-1)12-10-21-34(33)46-37-18-5-3-16-35(37)45(36-17-4-6-19-38(36)46)32-14-9-13-30(27-32)31-23-24-42-40(28-31)48-44(50-42)26-25-43-47(48)39-20-7-8-22-41(39)49-43/h1-28H. The van der Waals surface area contributed by atoms with E-state index in [9.17, 15) is 0 Å². The zero-order valence-corrected chi connectivity index (χ0v) is 28.6. The fourth-order valence-corrected chi connectivity index (χ4v) is 10.5. The molecule has 0 radical (unpaired) electrons. The molecule has 0 saturated heterocycles. The molecule has 0 nitrogen and oxygen atoms in total. The second-order valence-corrected chi connectivity index (χ2v) is 15.3. The molecule has 0 spiro atoms.